The highest BCUT2D eigenvalue weighted by Gasteiger charge is 2.17. The number of nitro groups is 1. The number of nitro benzene ring substituents is 1. The summed E-state index contributed by atoms with van der Waals surface area (Å²) in [6, 6.07) is 5.76. The molecule has 0 saturated carbocycles. The van der Waals surface area contributed by atoms with Gasteiger partial charge in [-0.2, -0.15) is 0 Å². The van der Waals surface area contributed by atoms with Gasteiger partial charge < -0.3 is 10.5 Å². The number of methoxy groups -OCH3 is 1. The lowest BCUT2D eigenvalue weighted by Crippen LogP contribution is -2.00. The van der Waals surface area contributed by atoms with E-state index in [2.05, 4.69) is 4.74 Å². The number of carbonyl (C=O) groups is 1. The van der Waals surface area contributed by atoms with E-state index in [1.54, 1.807) is 12.1 Å². The molecule has 1 aromatic heterocycles. The molecule has 1 heterocycles. The molecule has 0 atom stereocenters. The van der Waals surface area contributed by atoms with E-state index in [4.69, 9.17) is 17.3 Å². The highest BCUT2D eigenvalue weighted by atomic mass is 35.5. The number of nitrogens with zero attached hydrogens (tertiary/aromatic N) is 1. The van der Waals surface area contributed by atoms with Crippen molar-refractivity contribution >= 4 is 40.3 Å². The van der Waals surface area contributed by atoms with Crippen molar-refractivity contribution in [3.05, 3.63) is 44.3 Å². The second-order valence-electron chi connectivity index (χ2n) is 3.84. The third-order valence-corrected chi connectivity index (χ3v) is 3.91. The van der Waals surface area contributed by atoms with Crippen LogP contribution in [-0.2, 0) is 4.74 Å². The molecule has 0 unspecified atom stereocenters. The van der Waals surface area contributed by atoms with Gasteiger partial charge in [-0.1, -0.05) is 11.6 Å². The van der Waals surface area contributed by atoms with Crippen molar-refractivity contribution in [1.29, 1.82) is 0 Å². The number of carbonyl (C=O) groups excluding carboxylic acids is 1. The van der Waals surface area contributed by atoms with Gasteiger partial charge in [-0.15, -0.1) is 11.3 Å². The number of thiophene rings is 1. The lowest BCUT2D eigenvalue weighted by molar-refractivity contribution is -0.384. The highest BCUT2D eigenvalue weighted by Crippen LogP contribution is 2.36. The second-order valence-corrected chi connectivity index (χ2v) is 5.33. The molecule has 0 aliphatic heterocycles. The number of rotatable bonds is 3. The van der Waals surface area contributed by atoms with Gasteiger partial charge in [0.05, 0.1) is 17.7 Å². The fraction of sp³-hybridized carbons (Fsp3) is 0.0833. The smallest absolute Gasteiger partial charge is 0.350 e. The van der Waals surface area contributed by atoms with Crippen LogP contribution >= 0.6 is 22.9 Å². The van der Waals surface area contributed by atoms with Crippen molar-refractivity contribution in [2.24, 2.45) is 0 Å². The fourth-order valence-electron chi connectivity index (χ4n) is 1.62. The summed E-state index contributed by atoms with van der Waals surface area (Å²) in [7, 11) is 1.26. The molecule has 0 aliphatic carbocycles. The predicted octanol–water partition coefficient (Wildman–Crippen LogP) is 3.35. The van der Waals surface area contributed by atoms with E-state index in [0.717, 1.165) is 11.3 Å². The summed E-state index contributed by atoms with van der Waals surface area (Å²) in [5.41, 5.74) is 6.40. The van der Waals surface area contributed by atoms with Gasteiger partial charge >= 0.3 is 5.97 Å². The minimum absolute atomic E-state index is 0.126. The topological polar surface area (TPSA) is 95.5 Å². The molecular formula is C12H9ClN2O4S. The zero-order valence-electron chi connectivity index (χ0n) is 10.3. The van der Waals surface area contributed by atoms with Crippen molar-refractivity contribution in [2.45, 2.75) is 0 Å². The average Bonchev–Trinajstić information content (AvgIpc) is 2.79. The Morgan fingerprint density at radius 3 is 2.70 bits per heavy atom. The van der Waals surface area contributed by atoms with E-state index < -0.39 is 10.9 Å². The molecule has 6 nitrogen and oxygen atoms in total. The molecule has 0 bridgehead atoms. The van der Waals surface area contributed by atoms with Crippen LogP contribution in [0.5, 0.6) is 0 Å². The molecule has 1 aromatic carbocycles. The van der Waals surface area contributed by atoms with E-state index in [-0.39, 0.29) is 21.3 Å². The van der Waals surface area contributed by atoms with Crippen molar-refractivity contribution in [2.75, 3.05) is 12.8 Å². The minimum atomic E-state index is -0.546. The summed E-state index contributed by atoms with van der Waals surface area (Å²) in [6.07, 6.45) is 0. The number of halogens is 1. The third kappa shape index (κ3) is 2.73. The summed E-state index contributed by atoms with van der Waals surface area (Å²) in [4.78, 5) is 22.6. The van der Waals surface area contributed by atoms with Crippen LogP contribution in [0.2, 0.25) is 5.02 Å². The van der Waals surface area contributed by atoms with E-state index in [9.17, 15) is 14.9 Å². The highest BCUT2D eigenvalue weighted by molar-refractivity contribution is 7.18. The maximum absolute atomic E-state index is 11.5. The van der Waals surface area contributed by atoms with Gasteiger partial charge in [0.25, 0.3) is 5.69 Å². The molecule has 0 radical (unpaired) electrons. The summed E-state index contributed by atoms with van der Waals surface area (Å²) in [6.45, 7) is 0. The normalized spacial score (nSPS) is 10.3. The zero-order chi connectivity index (χ0) is 14.9. The lowest BCUT2D eigenvalue weighted by atomic mass is 10.1. The van der Waals surface area contributed by atoms with Gasteiger partial charge in [-0.3, -0.25) is 10.1 Å². The van der Waals surface area contributed by atoms with Crippen molar-refractivity contribution in [1.82, 2.24) is 0 Å². The zero-order valence-corrected chi connectivity index (χ0v) is 11.8. The van der Waals surface area contributed by atoms with Crippen LogP contribution in [0.4, 0.5) is 11.4 Å². The molecular weight excluding hydrogens is 304 g/mol. The molecule has 0 aliphatic rings. The van der Waals surface area contributed by atoms with Gasteiger partial charge in [0.15, 0.2) is 0 Å². The van der Waals surface area contributed by atoms with Crippen LogP contribution in [0.1, 0.15) is 9.67 Å². The minimum Gasteiger partial charge on any atom is -0.465 e. The quantitative estimate of drug-likeness (QED) is 0.532. The summed E-state index contributed by atoms with van der Waals surface area (Å²) in [5.74, 6) is -0.546. The van der Waals surface area contributed by atoms with Gasteiger partial charge in [-0.05, 0) is 12.1 Å². The maximum atomic E-state index is 11.5. The SMILES string of the molecule is COC(=O)c1sc(-c2cc(Cl)cc([N+](=O)[O-])c2)cc1N. The van der Waals surface area contributed by atoms with Crippen LogP contribution < -0.4 is 5.73 Å². The number of hydrogen-bond donors (Lipinski definition) is 1. The molecule has 2 aromatic rings. The van der Waals surface area contributed by atoms with E-state index in [1.165, 1.54) is 19.2 Å². The van der Waals surface area contributed by atoms with Crippen LogP contribution in [0.3, 0.4) is 0 Å². The Morgan fingerprint density at radius 2 is 2.10 bits per heavy atom. The number of hydrogen-bond acceptors (Lipinski definition) is 6. The van der Waals surface area contributed by atoms with Crippen LogP contribution in [0.25, 0.3) is 10.4 Å². The van der Waals surface area contributed by atoms with Gasteiger partial charge in [0.1, 0.15) is 4.88 Å². The number of nitrogens with two attached hydrogens (primary N) is 1. The lowest BCUT2D eigenvalue weighted by Gasteiger charge is -1.99. The summed E-state index contributed by atoms with van der Waals surface area (Å²) in [5, 5.41) is 11.1. The van der Waals surface area contributed by atoms with Crippen LogP contribution in [0.15, 0.2) is 24.3 Å². The maximum Gasteiger partial charge on any atom is 0.350 e. The summed E-state index contributed by atoms with van der Waals surface area (Å²) < 4.78 is 4.61. The number of ether oxygens (including phenoxy) is 1. The summed E-state index contributed by atoms with van der Waals surface area (Å²) >= 11 is 6.95. The van der Waals surface area contributed by atoms with E-state index in [1.807, 2.05) is 0 Å². The molecule has 0 amide bonds. The van der Waals surface area contributed by atoms with E-state index >= 15 is 0 Å². The Hall–Kier alpha value is -2.12. The van der Waals surface area contributed by atoms with Crippen LogP contribution in [0, 0.1) is 10.1 Å². The number of esters is 1. The number of anilines is 1. The van der Waals surface area contributed by atoms with E-state index in [0.29, 0.717) is 10.4 Å². The molecule has 104 valence electrons. The molecule has 0 saturated heterocycles. The first kappa shape index (κ1) is 14.3. The largest absolute Gasteiger partial charge is 0.465 e. The molecule has 2 N–H and O–H groups in total. The second kappa shape index (κ2) is 5.48. The van der Waals surface area contributed by atoms with Crippen molar-refractivity contribution in [3.63, 3.8) is 0 Å². The van der Waals surface area contributed by atoms with Crippen molar-refractivity contribution in [3.8, 4) is 10.4 Å². The number of benzene rings is 1. The van der Waals surface area contributed by atoms with Gasteiger partial charge in [-0.25, -0.2) is 4.79 Å². The number of non-ortho nitro benzene ring substituents is 1. The van der Waals surface area contributed by atoms with Crippen molar-refractivity contribution < 1.29 is 14.5 Å². The Bertz CT molecular complexity index is 699. The van der Waals surface area contributed by atoms with Crippen LogP contribution in [-0.4, -0.2) is 18.0 Å². The fourth-order valence-corrected chi connectivity index (χ4v) is 2.84. The molecule has 8 heteroatoms. The first-order valence-corrected chi connectivity index (χ1v) is 6.55. The average molecular weight is 313 g/mol. The first-order valence-electron chi connectivity index (χ1n) is 5.35. The molecule has 0 spiro atoms. The molecule has 20 heavy (non-hydrogen) atoms. The first-order chi connectivity index (χ1) is 9.42. The third-order valence-electron chi connectivity index (χ3n) is 2.51. The van der Waals surface area contributed by atoms with Gasteiger partial charge in [0, 0.05) is 27.6 Å². The Balaban J connectivity index is 2.52. The monoisotopic (exact) mass is 312 g/mol. The predicted molar refractivity (Wildman–Crippen MR) is 77.2 cm³/mol. The van der Waals surface area contributed by atoms with Gasteiger partial charge in [0.2, 0.25) is 0 Å². The molecule has 0 fully saturated rings. The standard InChI is InChI=1S/C12H9ClN2O4S/c1-19-12(16)11-9(14)5-10(20-11)6-2-7(13)4-8(3-6)15(17)18/h2-5H,14H2,1H3. The Kier molecular flexibility index (Phi) is 3.91. The number of nitrogen functional groups attached to an aromatic ring is 1. The molecule has 2 rings (SSSR count). The Morgan fingerprint density at radius 1 is 1.40 bits per heavy atom. The Labute approximate surface area is 122 Å².